The number of carbonyl (C=O) groups excluding carboxylic acids is 2. The van der Waals surface area contributed by atoms with Crippen molar-refractivity contribution in [1.82, 2.24) is 9.97 Å². The zero-order chi connectivity index (χ0) is 39.0. The van der Waals surface area contributed by atoms with Gasteiger partial charge in [-0.15, -0.1) is 0 Å². The first-order valence-corrected chi connectivity index (χ1v) is 18.1. The number of esters is 2. The number of hydrogen-bond acceptors (Lipinski definition) is 10. The van der Waals surface area contributed by atoms with Crippen LogP contribution in [0.1, 0.15) is 35.1 Å². The van der Waals surface area contributed by atoms with Crippen molar-refractivity contribution in [3.63, 3.8) is 0 Å². The molecule has 10 heteroatoms. The third-order valence-electron chi connectivity index (χ3n) is 8.90. The maximum Gasteiger partial charge on any atom is 0.417 e. The lowest BCUT2D eigenvalue weighted by Gasteiger charge is -2.21. The normalized spacial score (nSPS) is 11.6. The summed E-state index contributed by atoms with van der Waals surface area (Å²) in [6, 6.07) is 41.2. The average Bonchev–Trinajstić information content (AvgIpc) is 3.26. The third kappa shape index (κ3) is 11.3. The minimum absolute atomic E-state index is 0.00705. The fraction of sp³-hybridized carbons (Fsp3) is 0.174. The van der Waals surface area contributed by atoms with Gasteiger partial charge in [0.15, 0.2) is 0 Å². The number of aryl methyl sites for hydroxylation is 2. The Morgan fingerprint density at radius 3 is 1.34 bits per heavy atom. The van der Waals surface area contributed by atoms with E-state index in [0.29, 0.717) is 48.3 Å². The highest BCUT2D eigenvalue weighted by Gasteiger charge is 2.27. The van der Waals surface area contributed by atoms with Gasteiger partial charge in [0.1, 0.15) is 36.9 Å². The molecule has 2 unspecified atom stereocenters. The Balaban J connectivity index is 1.09. The summed E-state index contributed by atoms with van der Waals surface area (Å²) >= 11 is 0. The predicted octanol–water partition coefficient (Wildman–Crippen LogP) is 8.10. The van der Waals surface area contributed by atoms with E-state index in [4.69, 9.17) is 18.9 Å². The van der Waals surface area contributed by atoms with E-state index in [-0.39, 0.29) is 13.2 Å². The molecule has 6 rings (SSSR count). The van der Waals surface area contributed by atoms with E-state index < -0.39 is 24.1 Å². The SMILES string of the molecule is N#Cc1cccc(-c2ccc(OCC(CCc3cccnc3)OC(=O)C(=O)OC(CCc3cccnc3)COc3ccc(-c4cccc(C#N)c4)cc3)cc2)c1. The lowest BCUT2D eigenvalue weighted by molar-refractivity contribution is -0.176. The highest BCUT2D eigenvalue weighted by Crippen LogP contribution is 2.25. The number of ether oxygens (including phenoxy) is 4. The van der Waals surface area contributed by atoms with Crippen molar-refractivity contribution >= 4 is 11.9 Å². The zero-order valence-corrected chi connectivity index (χ0v) is 30.5. The van der Waals surface area contributed by atoms with Gasteiger partial charge in [0.05, 0.1) is 23.3 Å². The Hall–Kier alpha value is -7.30. The standard InChI is InChI=1S/C46H38N4O6/c47-27-35-5-1-9-39(25-35)37-13-19-41(20-14-37)53-31-43(17-11-33-7-3-23-49-29-33)55-45(51)46(52)56-44(18-12-34-8-4-24-50-30-34)32-54-42-21-15-38(16-22-42)40-10-2-6-36(26-40)28-48/h1-10,13-16,19-26,29-30,43-44H,11-12,17-18,31-32H2. The fourth-order valence-electron chi connectivity index (χ4n) is 5.90. The molecule has 0 aliphatic heterocycles. The highest BCUT2D eigenvalue weighted by molar-refractivity contribution is 6.29. The van der Waals surface area contributed by atoms with Gasteiger partial charge in [-0.1, -0.05) is 60.7 Å². The van der Waals surface area contributed by atoms with Crippen LogP contribution in [-0.2, 0) is 31.9 Å². The Kier molecular flexibility index (Phi) is 13.5. The molecular weight excluding hydrogens is 705 g/mol. The van der Waals surface area contributed by atoms with Gasteiger partial charge in [-0.2, -0.15) is 10.5 Å². The molecule has 4 aromatic carbocycles. The van der Waals surface area contributed by atoms with Crippen molar-refractivity contribution in [2.24, 2.45) is 0 Å². The Morgan fingerprint density at radius 2 is 0.964 bits per heavy atom. The molecule has 56 heavy (non-hydrogen) atoms. The summed E-state index contributed by atoms with van der Waals surface area (Å²) in [5, 5.41) is 18.5. The molecule has 0 bridgehead atoms. The third-order valence-corrected chi connectivity index (χ3v) is 8.90. The number of hydrogen-bond donors (Lipinski definition) is 0. The number of carbonyl (C=O) groups is 2. The van der Waals surface area contributed by atoms with E-state index in [9.17, 15) is 20.1 Å². The molecule has 0 aliphatic carbocycles. The number of nitrogens with zero attached hydrogens (tertiary/aromatic N) is 4. The minimum atomic E-state index is -1.13. The quantitative estimate of drug-likeness (QED) is 0.0705. The van der Waals surface area contributed by atoms with Gasteiger partial charge in [-0.05, 0) is 120 Å². The molecular formula is C46H38N4O6. The van der Waals surface area contributed by atoms with Gasteiger partial charge in [0.25, 0.3) is 0 Å². The van der Waals surface area contributed by atoms with Crippen molar-refractivity contribution in [2.75, 3.05) is 13.2 Å². The molecule has 6 aromatic rings. The first-order valence-electron chi connectivity index (χ1n) is 18.1. The molecule has 0 fully saturated rings. The summed E-state index contributed by atoms with van der Waals surface area (Å²) in [4.78, 5) is 34.9. The molecule has 0 N–H and O–H groups in total. The van der Waals surface area contributed by atoms with E-state index in [1.807, 2.05) is 84.9 Å². The molecule has 10 nitrogen and oxygen atoms in total. The molecule has 0 amide bonds. The molecule has 0 saturated heterocycles. The van der Waals surface area contributed by atoms with E-state index in [2.05, 4.69) is 22.1 Å². The maximum absolute atomic E-state index is 13.3. The number of pyridine rings is 2. The fourth-order valence-corrected chi connectivity index (χ4v) is 5.90. The van der Waals surface area contributed by atoms with Crippen molar-refractivity contribution in [3.05, 3.63) is 168 Å². The van der Waals surface area contributed by atoms with Crippen LogP contribution >= 0.6 is 0 Å². The van der Waals surface area contributed by atoms with E-state index in [1.54, 1.807) is 61.2 Å². The highest BCUT2D eigenvalue weighted by atomic mass is 16.6. The van der Waals surface area contributed by atoms with Gasteiger partial charge in [0.2, 0.25) is 0 Å². The summed E-state index contributed by atoms with van der Waals surface area (Å²) in [7, 11) is 0. The Bertz CT molecular complexity index is 2120. The Morgan fingerprint density at radius 1 is 0.536 bits per heavy atom. The summed E-state index contributed by atoms with van der Waals surface area (Å²) in [6.45, 7) is -0.0141. The van der Waals surface area contributed by atoms with E-state index >= 15 is 0 Å². The van der Waals surface area contributed by atoms with Gasteiger partial charge in [0, 0.05) is 24.8 Å². The van der Waals surface area contributed by atoms with Crippen LogP contribution in [0.4, 0.5) is 0 Å². The summed E-state index contributed by atoms with van der Waals surface area (Å²) < 4.78 is 23.5. The van der Waals surface area contributed by atoms with E-state index in [1.165, 1.54) is 0 Å². The minimum Gasteiger partial charge on any atom is -0.490 e. The molecule has 0 spiro atoms. The van der Waals surface area contributed by atoms with Crippen LogP contribution in [-0.4, -0.2) is 47.3 Å². The summed E-state index contributed by atoms with van der Waals surface area (Å²) in [6.07, 6.45) is 7.08. The molecule has 0 aliphatic rings. The van der Waals surface area contributed by atoms with Gasteiger partial charge in [-0.3, -0.25) is 9.97 Å². The van der Waals surface area contributed by atoms with Crippen LogP contribution in [0.25, 0.3) is 22.3 Å². The number of rotatable bonds is 16. The molecule has 0 radical (unpaired) electrons. The molecule has 2 atom stereocenters. The summed E-state index contributed by atoms with van der Waals surface area (Å²) in [5.74, 6) is -1.17. The lowest BCUT2D eigenvalue weighted by atomic mass is 10.0. The zero-order valence-electron chi connectivity index (χ0n) is 30.5. The lowest BCUT2D eigenvalue weighted by Crippen LogP contribution is -2.34. The van der Waals surface area contributed by atoms with Crippen LogP contribution < -0.4 is 9.47 Å². The van der Waals surface area contributed by atoms with Crippen LogP contribution in [0, 0.1) is 22.7 Å². The first-order chi connectivity index (χ1) is 27.4. The molecule has 278 valence electrons. The van der Waals surface area contributed by atoms with Gasteiger partial charge in [-0.25, -0.2) is 9.59 Å². The molecule has 2 aromatic heterocycles. The first kappa shape index (κ1) is 38.4. The second-order valence-corrected chi connectivity index (χ2v) is 12.9. The number of benzene rings is 4. The van der Waals surface area contributed by atoms with Crippen LogP contribution in [0.2, 0.25) is 0 Å². The van der Waals surface area contributed by atoms with Crippen molar-refractivity contribution < 1.29 is 28.5 Å². The van der Waals surface area contributed by atoms with Crippen LogP contribution in [0.15, 0.2) is 146 Å². The molecule has 0 saturated carbocycles. The van der Waals surface area contributed by atoms with Crippen LogP contribution in [0.3, 0.4) is 0 Å². The largest absolute Gasteiger partial charge is 0.490 e. The smallest absolute Gasteiger partial charge is 0.417 e. The number of aromatic nitrogens is 2. The van der Waals surface area contributed by atoms with E-state index in [0.717, 1.165) is 33.4 Å². The van der Waals surface area contributed by atoms with Crippen LogP contribution in [0.5, 0.6) is 11.5 Å². The Labute approximate surface area is 325 Å². The van der Waals surface area contributed by atoms with Crippen molar-refractivity contribution in [2.45, 2.75) is 37.9 Å². The van der Waals surface area contributed by atoms with Gasteiger partial charge < -0.3 is 18.9 Å². The second kappa shape index (κ2) is 19.7. The maximum atomic E-state index is 13.3. The van der Waals surface area contributed by atoms with Crippen molar-refractivity contribution in [3.8, 4) is 45.9 Å². The number of nitriles is 2. The summed E-state index contributed by atoms with van der Waals surface area (Å²) in [5.41, 5.74) is 6.65. The predicted molar refractivity (Wildman–Crippen MR) is 209 cm³/mol. The monoisotopic (exact) mass is 742 g/mol. The van der Waals surface area contributed by atoms with Crippen molar-refractivity contribution in [1.29, 1.82) is 10.5 Å². The topological polar surface area (TPSA) is 144 Å². The van der Waals surface area contributed by atoms with Gasteiger partial charge >= 0.3 is 11.9 Å². The molecule has 2 heterocycles. The average molecular weight is 743 g/mol. The second-order valence-electron chi connectivity index (χ2n) is 12.9.